The number of fused-ring (bicyclic) bond motifs is 1. The van der Waals surface area contributed by atoms with Gasteiger partial charge in [-0.15, -0.1) is 0 Å². The summed E-state index contributed by atoms with van der Waals surface area (Å²) in [7, 11) is 0. The number of alkyl halides is 3. The summed E-state index contributed by atoms with van der Waals surface area (Å²) in [6.07, 6.45) is -3.85. The maximum atomic E-state index is 14.9. The molecule has 1 aliphatic carbocycles. The summed E-state index contributed by atoms with van der Waals surface area (Å²) in [5.41, 5.74) is -0.662. The van der Waals surface area contributed by atoms with Crippen molar-refractivity contribution in [3.8, 4) is 11.1 Å². The van der Waals surface area contributed by atoms with Crippen molar-refractivity contribution in [2.45, 2.75) is 69.6 Å². The molecule has 0 saturated carbocycles. The van der Waals surface area contributed by atoms with Gasteiger partial charge in [0.1, 0.15) is 12.3 Å². The van der Waals surface area contributed by atoms with Gasteiger partial charge < -0.3 is 14.4 Å². The Morgan fingerprint density at radius 2 is 1.65 bits per heavy atom. The van der Waals surface area contributed by atoms with Crippen LogP contribution in [0.25, 0.3) is 11.1 Å². The summed E-state index contributed by atoms with van der Waals surface area (Å²) in [6.45, 7) is -5.47. The summed E-state index contributed by atoms with van der Waals surface area (Å²) < 4.78 is 149. The summed E-state index contributed by atoms with van der Waals surface area (Å²) in [5.74, 6) is -3.20. The second-order valence-corrected chi connectivity index (χ2v) is 11.7. The van der Waals surface area contributed by atoms with Crippen molar-refractivity contribution >= 4 is 17.7 Å². The Morgan fingerprint density at radius 3 is 2.25 bits per heavy atom. The number of carbonyl (C=O) groups excluding carboxylic acids is 1. The maximum absolute atomic E-state index is 14.9. The van der Waals surface area contributed by atoms with E-state index in [-0.39, 0.29) is 40.4 Å². The van der Waals surface area contributed by atoms with Crippen LogP contribution in [0.4, 0.5) is 17.6 Å². The zero-order chi connectivity index (χ0) is 44.2. The number of likely N-dealkylation sites (N-methyl/N-ethyl adjacent to an activating group) is 1. The molecule has 48 heavy (non-hydrogen) atoms. The van der Waals surface area contributed by atoms with E-state index in [0.29, 0.717) is 29.3 Å². The molecule has 0 bridgehead atoms. The monoisotopic (exact) mass is 691 g/mol. The molecule has 0 saturated heterocycles. The lowest BCUT2D eigenvalue weighted by atomic mass is 9.99. The first-order valence-electron chi connectivity index (χ1n) is 20.5. The van der Waals surface area contributed by atoms with Crippen molar-refractivity contribution in [2.75, 3.05) is 26.1 Å². The van der Waals surface area contributed by atoms with E-state index >= 15 is 0 Å². The SMILES string of the molecule is [2H]c1c([2H])c(CSc2nc(=O)c3c(n2C([2H])([2H])C(=O)N(CCN(C([2H])([2H])C)C([2H])([2H])C)C([2H])(C)c2ccc(-c4ccc(C(F)(F)F)cc4)cc2)CCC3)c([2H])c([2H])c1F. The lowest BCUT2D eigenvalue weighted by molar-refractivity contribution is -0.137. The molecule has 5 rings (SSSR count). The number of amides is 1. The van der Waals surface area contributed by atoms with E-state index in [1.54, 1.807) is 0 Å². The molecule has 11 heteroatoms. The predicted octanol–water partition coefficient (Wildman–Crippen LogP) is 7.78. The van der Waals surface area contributed by atoms with Gasteiger partial charge in [-0.1, -0.05) is 74.1 Å². The van der Waals surface area contributed by atoms with Gasteiger partial charge >= 0.3 is 6.18 Å². The Kier molecular flexibility index (Phi) is 7.56. The number of aromatic nitrogens is 2. The first-order chi connectivity index (χ1) is 27.1. The molecule has 0 radical (unpaired) electrons. The molecule has 0 spiro atoms. The summed E-state index contributed by atoms with van der Waals surface area (Å²) in [6, 6.07) is 4.74. The van der Waals surface area contributed by atoms with E-state index in [0.717, 1.165) is 40.3 Å². The van der Waals surface area contributed by atoms with Crippen LogP contribution in [0, 0.1) is 5.82 Å². The molecule has 3 aromatic carbocycles. The number of benzene rings is 3. The highest BCUT2D eigenvalue weighted by molar-refractivity contribution is 7.98. The third-order valence-corrected chi connectivity index (χ3v) is 8.85. The highest BCUT2D eigenvalue weighted by Crippen LogP contribution is 2.32. The molecule has 1 aliphatic rings. The number of rotatable bonds is 13. The third-order valence-electron chi connectivity index (χ3n) is 7.89. The fourth-order valence-electron chi connectivity index (χ4n) is 5.29. The van der Waals surface area contributed by atoms with Gasteiger partial charge in [-0.05, 0) is 85.7 Å². The van der Waals surface area contributed by atoms with Crippen molar-refractivity contribution in [3.63, 3.8) is 0 Å². The average Bonchev–Trinajstić information content (AvgIpc) is 3.63. The zero-order valence-corrected chi connectivity index (χ0v) is 27.2. The second kappa shape index (κ2) is 15.5. The molecule has 0 aliphatic heterocycles. The molecule has 1 amide bonds. The third kappa shape index (κ3) is 8.36. The van der Waals surface area contributed by atoms with E-state index in [9.17, 15) is 31.3 Å². The van der Waals surface area contributed by atoms with Gasteiger partial charge in [0.2, 0.25) is 5.91 Å². The quantitative estimate of drug-likeness (QED) is 0.0815. The van der Waals surface area contributed by atoms with Crippen LogP contribution in [0.5, 0.6) is 0 Å². The number of halogens is 4. The number of nitrogens with zero attached hydrogens (tertiary/aromatic N) is 4. The molecular formula is C37H40F4N4O2S. The smallest absolute Gasteiger partial charge is 0.333 e. The Bertz CT molecular complexity index is 2260. The van der Waals surface area contributed by atoms with Crippen LogP contribution in [0.3, 0.4) is 0 Å². The van der Waals surface area contributed by atoms with E-state index in [2.05, 4.69) is 4.98 Å². The van der Waals surface area contributed by atoms with Crippen LogP contribution in [0.15, 0.2) is 82.7 Å². The first kappa shape index (κ1) is 23.4. The Hall–Kier alpha value is -3.96. The van der Waals surface area contributed by atoms with Gasteiger partial charge in [-0.2, -0.15) is 18.2 Å². The summed E-state index contributed by atoms with van der Waals surface area (Å²) >= 11 is 0.614. The summed E-state index contributed by atoms with van der Waals surface area (Å²) in [5, 5.41) is -0.390. The van der Waals surface area contributed by atoms with Crippen molar-refractivity contribution < 1.29 is 37.4 Å². The predicted molar refractivity (Wildman–Crippen MR) is 181 cm³/mol. The number of thioether (sulfide) groups is 1. The van der Waals surface area contributed by atoms with Crippen LogP contribution in [0.2, 0.25) is 0 Å². The van der Waals surface area contributed by atoms with Crippen LogP contribution >= 0.6 is 11.8 Å². The molecule has 0 N–H and O–H groups in total. The van der Waals surface area contributed by atoms with Crippen LogP contribution in [-0.4, -0.2) is 51.3 Å². The minimum Gasteiger partial charge on any atom is -0.333 e. The Balaban J connectivity index is 1.61. The van der Waals surface area contributed by atoms with E-state index in [1.165, 1.54) is 43.3 Å². The Morgan fingerprint density at radius 1 is 1.02 bits per heavy atom. The maximum Gasteiger partial charge on any atom is 0.416 e. The molecule has 1 atom stereocenters. The first-order valence-corrected chi connectivity index (χ1v) is 16.0. The Labute approximate surface area is 298 Å². The molecule has 1 aromatic heterocycles. The molecular weight excluding hydrogens is 640 g/mol. The molecule has 1 unspecified atom stereocenters. The van der Waals surface area contributed by atoms with Gasteiger partial charge in [-0.25, -0.2) is 4.39 Å². The van der Waals surface area contributed by atoms with Gasteiger partial charge in [0.25, 0.3) is 5.56 Å². The standard InChI is InChI=1S/C37H40F4N4O2S/c1-4-43(5-2)21-22-44(25(3)27-11-13-28(14-12-27)29-15-17-30(18-16-29)37(39,40)41)34(46)23-45-33-8-6-7-32(33)35(47)42-36(45)48-24-26-9-19-31(38)20-10-26/h9-20,25H,4-8,21-24H2,1-3H3/i4D2,5D2,9D,10D,19D,20D,23D2,25D. The largest absolute Gasteiger partial charge is 0.416 e. The lowest BCUT2D eigenvalue weighted by Crippen LogP contribution is -2.42. The van der Waals surface area contributed by atoms with Crippen LogP contribution in [-0.2, 0) is 36.1 Å². The van der Waals surface area contributed by atoms with Crippen molar-refractivity contribution in [1.29, 1.82) is 0 Å². The zero-order valence-electron chi connectivity index (χ0n) is 37.4. The summed E-state index contributed by atoms with van der Waals surface area (Å²) in [4.78, 5) is 33.8. The van der Waals surface area contributed by atoms with Gasteiger partial charge in [0.05, 0.1) is 21.2 Å². The van der Waals surface area contributed by atoms with Crippen molar-refractivity contribution in [2.24, 2.45) is 0 Å². The second-order valence-electron chi connectivity index (χ2n) is 10.8. The van der Waals surface area contributed by atoms with Crippen molar-refractivity contribution in [1.82, 2.24) is 19.4 Å². The van der Waals surface area contributed by atoms with Crippen LogP contribution < -0.4 is 5.56 Å². The lowest BCUT2D eigenvalue weighted by Gasteiger charge is -2.33. The van der Waals surface area contributed by atoms with Crippen LogP contribution in [0.1, 0.15) is 76.2 Å². The molecule has 1 heterocycles. The van der Waals surface area contributed by atoms with Gasteiger partial charge in [-0.3, -0.25) is 9.59 Å². The van der Waals surface area contributed by atoms with Crippen molar-refractivity contribution in [3.05, 3.63) is 117 Å². The average molecular weight is 692 g/mol. The van der Waals surface area contributed by atoms with E-state index in [1.807, 2.05) is 0 Å². The fraction of sp³-hybridized carbons (Fsp3) is 0.378. The highest BCUT2D eigenvalue weighted by atomic mass is 32.2. The molecule has 4 aromatic rings. The minimum absolute atomic E-state index is 0.0976. The van der Waals surface area contributed by atoms with Gasteiger partial charge in [0.15, 0.2) is 5.16 Å². The highest BCUT2D eigenvalue weighted by Gasteiger charge is 2.30. The van der Waals surface area contributed by atoms with Gasteiger partial charge in [0, 0.05) is 35.6 Å². The number of hydrogen-bond acceptors (Lipinski definition) is 5. The van der Waals surface area contributed by atoms with E-state index < -0.39 is 97.5 Å². The molecule has 0 fully saturated rings. The fourth-order valence-corrected chi connectivity index (χ4v) is 6.14. The molecule has 6 nitrogen and oxygen atoms in total. The normalized spacial score (nSPS) is 18.4. The van der Waals surface area contributed by atoms with E-state index in [4.69, 9.17) is 11.0 Å². The number of carbonyl (C=O) groups is 1. The topological polar surface area (TPSA) is 58.4 Å². The minimum atomic E-state index is -4.55. The molecule has 254 valence electrons. The number of hydrogen-bond donors (Lipinski definition) is 0.